The summed E-state index contributed by atoms with van der Waals surface area (Å²) in [4.78, 5) is 37.2. The summed E-state index contributed by atoms with van der Waals surface area (Å²) >= 11 is 0. The Morgan fingerprint density at radius 2 is 1.79 bits per heavy atom. The number of imidazole rings is 1. The number of fused-ring (bicyclic) bond motifs is 1. The van der Waals surface area contributed by atoms with Crippen LogP contribution in [0.1, 0.15) is 57.6 Å². The van der Waals surface area contributed by atoms with E-state index in [1.165, 1.54) is 27.9 Å². The van der Waals surface area contributed by atoms with Gasteiger partial charge >= 0.3 is 12.1 Å². The van der Waals surface area contributed by atoms with Crippen molar-refractivity contribution in [3.63, 3.8) is 0 Å². The maximum absolute atomic E-state index is 12.8. The smallest absolute Gasteiger partial charge is 0.414 e. The number of nitrogens with one attached hydrogen (secondary N) is 2. The lowest BCUT2D eigenvalue weighted by atomic mass is 10.2. The van der Waals surface area contributed by atoms with Gasteiger partial charge in [0.1, 0.15) is 24.6 Å². The minimum atomic E-state index is -4.93. The number of hydrogen-bond donors (Lipinski definition) is 2. The molecule has 0 aliphatic carbocycles. The Morgan fingerprint density at radius 3 is 2.45 bits per heavy atom. The molecular formula is C30H41F3N6O5S2Si. The van der Waals surface area contributed by atoms with E-state index in [1.807, 2.05) is 11.4 Å². The summed E-state index contributed by atoms with van der Waals surface area (Å²) in [5.41, 5.74) is 1.36. The van der Waals surface area contributed by atoms with Gasteiger partial charge in [0, 0.05) is 23.3 Å². The summed E-state index contributed by atoms with van der Waals surface area (Å²) in [6.45, 7) is 14.4. The van der Waals surface area contributed by atoms with E-state index in [0.29, 0.717) is 29.8 Å². The van der Waals surface area contributed by atoms with Gasteiger partial charge in [0.15, 0.2) is 25.3 Å². The highest BCUT2D eigenvalue weighted by molar-refractivity contribution is 8.77. The number of benzene rings is 1. The molecular weight excluding hydrogens is 674 g/mol. The molecule has 2 N–H and O–H groups in total. The first-order valence-electron chi connectivity index (χ1n) is 15.0. The molecule has 0 saturated carbocycles. The molecule has 2 aromatic heterocycles. The average Bonchev–Trinajstić information content (AvgIpc) is 3.61. The van der Waals surface area contributed by atoms with Crippen LogP contribution in [0.2, 0.25) is 18.1 Å². The van der Waals surface area contributed by atoms with Crippen LogP contribution in [-0.2, 0) is 18.7 Å². The van der Waals surface area contributed by atoms with Crippen molar-refractivity contribution in [3.8, 4) is 0 Å². The molecule has 17 heteroatoms. The fourth-order valence-corrected chi connectivity index (χ4v) is 7.54. The zero-order valence-electron chi connectivity index (χ0n) is 27.4. The standard InChI is InChI=1S/C30H41F3N6O5S2Si/c1-28(2,3)47(6,7)43-14-21-20(42-18-45-46-29(4,5)15-34-27(41)30(31,32)33)13-22(44-21)39-17-37-23-24(35-16-36-25(23)39)38-26(40)19-11-9-8-10-12-19/h8-12,16-17,20-22H,13-15,18H2,1-7H3,(H,34,41)(H,35,36,38,40)/t20-,21-,22-/m1/s1. The molecule has 1 aromatic carbocycles. The third kappa shape index (κ3) is 9.69. The van der Waals surface area contributed by atoms with Crippen LogP contribution in [0.4, 0.5) is 19.0 Å². The molecule has 258 valence electrons. The van der Waals surface area contributed by atoms with E-state index in [4.69, 9.17) is 13.9 Å². The summed E-state index contributed by atoms with van der Waals surface area (Å²) in [5.74, 6) is -1.79. The fourth-order valence-electron chi connectivity index (χ4n) is 4.35. The van der Waals surface area contributed by atoms with Crippen LogP contribution in [0, 0.1) is 0 Å². The molecule has 2 amide bonds. The van der Waals surface area contributed by atoms with Crippen molar-refractivity contribution < 1.29 is 36.7 Å². The van der Waals surface area contributed by atoms with E-state index in [0.717, 1.165) is 0 Å². The Balaban J connectivity index is 1.45. The Kier molecular flexibility index (Phi) is 11.7. The van der Waals surface area contributed by atoms with Crippen molar-refractivity contribution in [1.82, 2.24) is 24.8 Å². The molecule has 0 radical (unpaired) electrons. The lowest BCUT2D eigenvalue weighted by molar-refractivity contribution is -0.173. The molecule has 0 unspecified atom stereocenters. The van der Waals surface area contributed by atoms with Crippen molar-refractivity contribution in [2.75, 3.05) is 24.4 Å². The van der Waals surface area contributed by atoms with Crippen LogP contribution in [0.15, 0.2) is 43.0 Å². The molecule has 3 aromatic rings. The number of anilines is 1. The second-order valence-electron chi connectivity index (χ2n) is 13.3. The number of ether oxygens (including phenoxy) is 2. The Morgan fingerprint density at radius 1 is 1.09 bits per heavy atom. The molecule has 1 fully saturated rings. The zero-order valence-corrected chi connectivity index (χ0v) is 30.0. The normalized spacial score (nSPS) is 19.2. The number of hydrogen-bond acceptors (Lipinski definition) is 10. The maximum atomic E-state index is 12.8. The highest BCUT2D eigenvalue weighted by Crippen LogP contribution is 2.40. The van der Waals surface area contributed by atoms with Gasteiger partial charge < -0.3 is 24.5 Å². The molecule has 3 atom stereocenters. The molecule has 11 nitrogen and oxygen atoms in total. The van der Waals surface area contributed by atoms with Crippen molar-refractivity contribution in [2.24, 2.45) is 0 Å². The first kappa shape index (κ1) is 37.1. The van der Waals surface area contributed by atoms with E-state index in [9.17, 15) is 22.8 Å². The maximum Gasteiger partial charge on any atom is 0.471 e. The summed E-state index contributed by atoms with van der Waals surface area (Å²) < 4.78 is 58.2. The quantitative estimate of drug-likeness (QED) is 0.0869. The topological polar surface area (TPSA) is 129 Å². The minimum absolute atomic E-state index is 0.0149. The van der Waals surface area contributed by atoms with E-state index >= 15 is 0 Å². The van der Waals surface area contributed by atoms with Gasteiger partial charge in [0.2, 0.25) is 0 Å². The molecule has 1 aliphatic heterocycles. The molecule has 4 rings (SSSR count). The summed E-state index contributed by atoms with van der Waals surface area (Å²) in [6.07, 6.45) is -2.83. The SMILES string of the molecule is CC(C)(CNC(=O)C(F)(F)F)SSCO[C@@H]1C[C@H](n2cnc3c(NC(=O)c4ccccc4)ncnc32)O[C@@H]1CO[Si](C)(C)C(C)(C)C. The Hall–Kier alpha value is -2.70. The summed E-state index contributed by atoms with van der Waals surface area (Å²) in [5, 5.41) is 4.74. The number of halogens is 3. The molecule has 3 heterocycles. The molecule has 0 bridgehead atoms. The van der Waals surface area contributed by atoms with Crippen LogP contribution in [-0.4, -0.2) is 81.9 Å². The highest BCUT2D eigenvalue weighted by Gasteiger charge is 2.43. The first-order chi connectivity index (χ1) is 21.9. The average molecular weight is 715 g/mol. The number of amides is 2. The third-order valence-corrected chi connectivity index (χ3v) is 15.5. The van der Waals surface area contributed by atoms with Gasteiger partial charge in [0.25, 0.3) is 5.91 Å². The van der Waals surface area contributed by atoms with Gasteiger partial charge in [0.05, 0.1) is 19.0 Å². The number of carbonyl (C=O) groups is 2. The predicted molar refractivity (Wildman–Crippen MR) is 179 cm³/mol. The largest absolute Gasteiger partial charge is 0.471 e. The van der Waals surface area contributed by atoms with Gasteiger partial charge in [-0.2, -0.15) is 13.2 Å². The Labute approximate surface area is 281 Å². The van der Waals surface area contributed by atoms with E-state index in [-0.39, 0.29) is 35.4 Å². The zero-order chi connectivity index (χ0) is 34.6. The highest BCUT2D eigenvalue weighted by atomic mass is 33.1. The van der Waals surface area contributed by atoms with Gasteiger partial charge in [-0.25, -0.2) is 15.0 Å². The van der Waals surface area contributed by atoms with Gasteiger partial charge in [-0.05, 0) is 44.1 Å². The Bertz CT molecular complexity index is 1540. The molecule has 1 saturated heterocycles. The predicted octanol–water partition coefficient (Wildman–Crippen LogP) is 6.57. The lowest BCUT2D eigenvalue weighted by Gasteiger charge is -2.37. The van der Waals surface area contributed by atoms with Crippen molar-refractivity contribution in [1.29, 1.82) is 0 Å². The van der Waals surface area contributed by atoms with E-state index < -0.39 is 37.5 Å². The van der Waals surface area contributed by atoms with Crippen molar-refractivity contribution in [2.45, 2.75) is 88.5 Å². The third-order valence-electron chi connectivity index (χ3n) is 8.08. The second kappa shape index (κ2) is 14.8. The fraction of sp³-hybridized carbons (Fsp3) is 0.567. The van der Waals surface area contributed by atoms with Crippen LogP contribution in [0.3, 0.4) is 0 Å². The molecule has 0 spiro atoms. The van der Waals surface area contributed by atoms with Gasteiger partial charge in [-0.15, -0.1) is 0 Å². The summed E-state index contributed by atoms with van der Waals surface area (Å²) in [7, 11) is 0.538. The van der Waals surface area contributed by atoms with Crippen LogP contribution >= 0.6 is 21.6 Å². The monoisotopic (exact) mass is 714 g/mol. The van der Waals surface area contributed by atoms with Crippen molar-refractivity contribution in [3.05, 3.63) is 48.5 Å². The number of nitrogens with zero attached hydrogens (tertiary/aromatic N) is 4. The number of aromatic nitrogens is 4. The minimum Gasteiger partial charge on any atom is -0.414 e. The van der Waals surface area contributed by atoms with E-state index in [1.54, 1.807) is 49.0 Å². The molecule has 1 aliphatic rings. The van der Waals surface area contributed by atoms with Crippen LogP contribution in [0.5, 0.6) is 0 Å². The first-order valence-corrected chi connectivity index (χ1v) is 20.2. The lowest BCUT2D eigenvalue weighted by Crippen LogP contribution is -2.44. The van der Waals surface area contributed by atoms with Gasteiger partial charge in [-0.1, -0.05) is 60.6 Å². The van der Waals surface area contributed by atoms with Crippen LogP contribution in [0.25, 0.3) is 11.2 Å². The van der Waals surface area contributed by atoms with Crippen LogP contribution < -0.4 is 10.6 Å². The summed E-state index contributed by atoms with van der Waals surface area (Å²) in [6, 6.07) is 8.78. The van der Waals surface area contributed by atoms with Crippen molar-refractivity contribution >= 4 is 58.7 Å². The molecule has 47 heavy (non-hydrogen) atoms. The number of rotatable bonds is 13. The van der Waals surface area contributed by atoms with Gasteiger partial charge in [-0.3, -0.25) is 14.2 Å². The van der Waals surface area contributed by atoms with E-state index in [2.05, 4.69) is 54.1 Å². The number of alkyl halides is 3. The number of carbonyl (C=O) groups excluding carboxylic acids is 2. The second-order valence-corrected chi connectivity index (χ2v) is 21.0.